The van der Waals surface area contributed by atoms with Crippen LogP contribution in [0, 0.1) is 6.92 Å². The molecule has 0 saturated heterocycles. The highest BCUT2D eigenvalue weighted by Crippen LogP contribution is 2.14. The van der Waals surface area contributed by atoms with Crippen LogP contribution in [-0.4, -0.2) is 37.0 Å². The molecule has 19 heavy (non-hydrogen) atoms. The van der Waals surface area contributed by atoms with Gasteiger partial charge in [-0.05, 0) is 25.0 Å². The van der Waals surface area contributed by atoms with E-state index in [1.165, 1.54) is 12.0 Å². The lowest BCUT2D eigenvalue weighted by atomic mass is 10.1. The maximum atomic E-state index is 12.4. The molecule has 1 aromatic carbocycles. The molecule has 0 spiro atoms. The first kappa shape index (κ1) is 15.2. The average molecular weight is 263 g/mol. The van der Waals surface area contributed by atoms with Gasteiger partial charge in [-0.2, -0.15) is 0 Å². The van der Waals surface area contributed by atoms with Crippen LogP contribution >= 0.6 is 0 Å². The van der Waals surface area contributed by atoms with E-state index in [9.17, 15) is 9.59 Å². The lowest BCUT2D eigenvalue weighted by Gasteiger charge is -2.26. The maximum absolute atomic E-state index is 12.4. The molecule has 0 N–H and O–H groups in total. The molecule has 1 atom stereocenters. The summed E-state index contributed by atoms with van der Waals surface area (Å²) in [5.41, 5.74) is 1.52. The van der Waals surface area contributed by atoms with Crippen molar-refractivity contribution in [3.63, 3.8) is 0 Å². The Hall–Kier alpha value is -1.84. The molecule has 1 aromatic rings. The van der Waals surface area contributed by atoms with Crippen molar-refractivity contribution in [3.8, 4) is 0 Å². The van der Waals surface area contributed by atoms with E-state index in [2.05, 4.69) is 0 Å². The summed E-state index contributed by atoms with van der Waals surface area (Å²) in [7, 11) is 2.99. The van der Waals surface area contributed by atoms with Gasteiger partial charge in [-0.1, -0.05) is 31.5 Å². The van der Waals surface area contributed by atoms with Crippen molar-refractivity contribution in [2.24, 2.45) is 0 Å². The van der Waals surface area contributed by atoms with Crippen molar-refractivity contribution >= 4 is 11.9 Å². The second-order valence-corrected chi connectivity index (χ2v) is 4.56. The van der Waals surface area contributed by atoms with Gasteiger partial charge in [0.15, 0.2) is 0 Å². The highest BCUT2D eigenvalue weighted by Gasteiger charge is 2.27. The van der Waals surface area contributed by atoms with Gasteiger partial charge < -0.3 is 9.64 Å². The minimum absolute atomic E-state index is 0.151. The van der Waals surface area contributed by atoms with E-state index in [0.717, 1.165) is 12.0 Å². The number of likely N-dealkylation sites (N-methyl/N-ethyl adjacent to an activating group) is 1. The van der Waals surface area contributed by atoms with Crippen molar-refractivity contribution in [1.82, 2.24) is 4.90 Å². The van der Waals surface area contributed by atoms with Crippen LogP contribution in [0.4, 0.5) is 0 Å². The number of esters is 1. The number of hydrogen-bond donors (Lipinski definition) is 0. The summed E-state index contributed by atoms with van der Waals surface area (Å²) in [6, 6.07) is 6.83. The maximum Gasteiger partial charge on any atom is 0.328 e. The second kappa shape index (κ2) is 6.92. The SMILES string of the molecule is CCCC(C(=O)OC)N(C)C(=O)c1ccccc1C. The summed E-state index contributed by atoms with van der Waals surface area (Å²) in [6.45, 7) is 3.86. The van der Waals surface area contributed by atoms with E-state index in [4.69, 9.17) is 4.74 Å². The summed E-state index contributed by atoms with van der Waals surface area (Å²) in [6.07, 6.45) is 1.41. The quantitative estimate of drug-likeness (QED) is 0.766. The lowest BCUT2D eigenvalue weighted by molar-refractivity contribution is -0.145. The van der Waals surface area contributed by atoms with Crippen LogP contribution in [0.25, 0.3) is 0 Å². The number of ether oxygens (including phenoxy) is 1. The topological polar surface area (TPSA) is 46.6 Å². The molecule has 4 nitrogen and oxygen atoms in total. The first-order valence-electron chi connectivity index (χ1n) is 6.43. The summed E-state index contributed by atoms with van der Waals surface area (Å²) in [5.74, 6) is -0.520. The summed E-state index contributed by atoms with van der Waals surface area (Å²) in [5, 5.41) is 0. The van der Waals surface area contributed by atoms with Gasteiger partial charge in [0.05, 0.1) is 7.11 Å². The van der Waals surface area contributed by atoms with Gasteiger partial charge >= 0.3 is 5.97 Å². The number of carbonyl (C=O) groups is 2. The zero-order chi connectivity index (χ0) is 14.4. The predicted molar refractivity (Wildman–Crippen MR) is 74.0 cm³/mol. The third-order valence-electron chi connectivity index (χ3n) is 3.20. The molecular weight excluding hydrogens is 242 g/mol. The molecule has 4 heteroatoms. The predicted octanol–water partition coefficient (Wildman–Crippen LogP) is 2.41. The average Bonchev–Trinajstić information content (AvgIpc) is 2.43. The van der Waals surface area contributed by atoms with Crippen LogP contribution in [0.15, 0.2) is 24.3 Å². The fourth-order valence-corrected chi connectivity index (χ4v) is 2.02. The molecule has 1 amide bonds. The monoisotopic (exact) mass is 263 g/mol. The summed E-state index contributed by atoms with van der Waals surface area (Å²) in [4.78, 5) is 25.6. The zero-order valence-corrected chi connectivity index (χ0v) is 12.0. The van der Waals surface area contributed by atoms with Crippen LogP contribution in [0.5, 0.6) is 0 Å². The molecule has 0 saturated carbocycles. The molecule has 0 aliphatic heterocycles. The number of methoxy groups -OCH3 is 1. The van der Waals surface area contributed by atoms with Crippen molar-refractivity contribution in [2.45, 2.75) is 32.7 Å². The zero-order valence-electron chi connectivity index (χ0n) is 12.0. The van der Waals surface area contributed by atoms with Crippen LogP contribution < -0.4 is 0 Å². The van der Waals surface area contributed by atoms with E-state index < -0.39 is 6.04 Å². The molecule has 0 bridgehead atoms. The van der Waals surface area contributed by atoms with Gasteiger partial charge in [-0.15, -0.1) is 0 Å². The lowest BCUT2D eigenvalue weighted by Crippen LogP contribution is -2.43. The Morgan fingerprint density at radius 2 is 1.95 bits per heavy atom. The smallest absolute Gasteiger partial charge is 0.328 e. The summed E-state index contributed by atoms with van der Waals surface area (Å²) < 4.78 is 4.77. The van der Waals surface area contributed by atoms with Crippen molar-refractivity contribution in [2.75, 3.05) is 14.2 Å². The Labute approximate surface area is 114 Å². The standard InChI is InChI=1S/C15H21NO3/c1-5-8-13(15(18)19-4)16(3)14(17)12-10-7-6-9-11(12)2/h6-7,9-10,13H,5,8H2,1-4H3. The minimum Gasteiger partial charge on any atom is -0.467 e. The fourth-order valence-electron chi connectivity index (χ4n) is 2.02. The Kier molecular flexibility index (Phi) is 5.55. The number of carbonyl (C=O) groups excluding carboxylic acids is 2. The third kappa shape index (κ3) is 3.56. The molecule has 1 unspecified atom stereocenters. The van der Waals surface area contributed by atoms with Gasteiger partial charge in [0, 0.05) is 12.6 Å². The largest absolute Gasteiger partial charge is 0.467 e. The Morgan fingerprint density at radius 1 is 1.32 bits per heavy atom. The summed E-state index contributed by atoms with van der Waals surface area (Å²) >= 11 is 0. The molecule has 104 valence electrons. The van der Waals surface area contributed by atoms with Crippen LogP contribution in [0.1, 0.15) is 35.7 Å². The van der Waals surface area contributed by atoms with Crippen molar-refractivity contribution in [3.05, 3.63) is 35.4 Å². The number of amides is 1. The number of hydrogen-bond acceptors (Lipinski definition) is 3. The molecule has 1 rings (SSSR count). The first-order valence-corrected chi connectivity index (χ1v) is 6.43. The molecule has 0 aliphatic carbocycles. The van der Waals surface area contributed by atoms with Crippen LogP contribution in [0.3, 0.4) is 0 Å². The fraction of sp³-hybridized carbons (Fsp3) is 0.467. The molecule has 0 heterocycles. The Bertz CT molecular complexity index is 456. The van der Waals surface area contributed by atoms with Gasteiger partial charge in [-0.3, -0.25) is 4.79 Å². The molecule has 0 aromatic heterocycles. The molecule has 0 aliphatic rings. The van der Waals surface area contributed by atoms with Crippen LogP contribution in [-0.2, 0) is 9.53 Å². The normalized spacial score (nSPS) is 11.8. The van der Waals surface area contributed by atoms with Gasteiger partial charge in [0.2, 0.25) is 0 Å². The van der Waals surface area contributed by atoms with E-state index in [1.54, 1.807) is 13.1 Å². The van der Waals surface area contributed by atoms with Gasteiger partial charge in [0.1, 0.15) is 6.04 Å². The van der Waals surface area contributed by atoms with Gasteiger partial charge in [0.25, 0.3) is 5.91 Å². The molecule has 0 radical (unpaired) electrons. The van der Waals surface area contributed by atoms with E-state index in [-0.39, 0.29) is 11.9 Å². The number of rotatable bonds is 5. The van der Waals surface area contributed by atoms with Gasteiger partial charge in [-0.25, -0.2) is 4.79 Å². The second-order valence-electron chi connectivity index (χ2n) is 4.56. The highest BCUT2D eigenvalue weighted by atomic mass is 16.5. The Morgan fingerprint density at radius 3 is 2.47 bits per heavy atom. The first-order chi connectivity index (χ1) is 9.02. The number of benzene rings is 1. The van der Waals surface area contributed by atoms with Crippen molar-refractivity contribution < 1.29 is 14.3 Å². The molecule has 0 fully saturated rings. The Balaban J connectivity index is 2.97. The van der Waals surface area contributed by atoms with E-state index >= 15 is 0 Å². The van der Waals surface area contributed by atoms with E-state index in [1.807, 2.05) is 32.0 Å². The molecular formula is C15H21NO3. The third-order valence-corrected chi connectivity index (χ3v) is 3.20. The number of nitrogens with zero attached hydrogens (tertiary/aromatic N) is 1. The van der Waals surface area contributed by atoms with Crippen LogP contribution in [0.2, 0.25) is 0 Å². The van der Waals surface area contributed by atoms with Crippen molar-refractivity contribution in [1.29, 1.82) is 0 Å². The highest BCUT2D eigenvalue weighted by molar-refractivity contribution is 5.97. The number of aryl methyl sites for hydroxylation is 1. The minimum atomic E-state index is -0.526. The van der Waals surface area contributed by atoms with E-state index in [0.29, 0.717) is 12.0 Å².